The Balaban J connectivity index is 2.86. The van der Waals surface area contributed by atoms with E-state index >= 15 is 0 Å². The van der Waals surface area contributed by atoms with Crippen LogP contribution in [0.15, 0.2) is 44.9 Å². The maximum Gasteiger partial charge on any atom is 0.334 e. The maximum atomic E-state index is 13.5. The highest BCUT2D eigenvalue weighted by Gasteiger charge is 2.30. The Bertz CT molecular complexity index is 1080. The van der Waals surface area contributed by atoms with Crippen molar-refractivity contribution in [2.75, 3.05) is 0 Å². The molecule has 1 unspecified atom stereocenters. The summed E-state index contributed by atoms with van der Waals surface area (Å²) in [4.78, 5) is 43.3. The number of aromatic nitrogens is 2. The monoisotopic (exact) mass is 444 g/mol. The molecule has 0 spiro atoms. The van der Waals surface area contributed by atoms with E-state index in [-0.39, 0.29) is 36.4 Å². The SMILES string of the molecule is CCCn1c(O)c(C(=NC(C)C)NC(C)C)c(=O)n(C(Cc2ccccc2)C(=O)O)c1=O. The predicted molar refractivity (Wildman–Crippen MR) is 124 cm³/mol. The van der Waals surface area contributed by atoms with Gasteiger partial charge < -0.3 is 15.5 Å². The first-order chi connectivity index (χ1) is 15.1. The first-order valence-electron chi connectivity index (χ1n) is 10.8. The molecule has 0 fully saturated rings. The van der Waals surface area contributed by atoms with E-state index in [0.29, 0.717) is 12.0 Å². The lowest BCUT2D eigenvalue weighted by molar-refractivity contribution is -0.141. The molecule has 0 amide bonds. The van der Waals surface area contributed by atoms with Crippen molar-refractivity contribution < 1.29 is 15.0 Å². The standard InChI is InChI=1S/C23H32N4O5/c1-6-12-26-20(28)18(19(24-14(2)3)25-15(4)5)21(29)27(23(26)32)17(22(30)31)13-16-10-8-7-9-11-16/h7-11,14-15,17,28H,6,12-13H2,1-5H3,(H,24,25)(H,30,31). The number of hydrogen-bond donors (Lipinski definition) is 3. The number of aliphatic carboxylic acids is 1. The van der Waals surface area contributed by atoms with E-state index in [2.05, 4.69) is 10.3 Å². The topological polar surface area (TPSA) is 126 Å². The molecule has 1 aromatic heterocycles. The lowest BCUT2D eigenvalue weighted by Crippen LogP contribution is -2.49. The number of aliphatic imine (C=N–C) groups is 1. The number of hydrogen-bond acceptors (Lipinski definition) is 5. The molecule has 0 aliphatic rings. The molecule has 0 radical (unpaired) electrons. The number of carbonyl (C=O) groups is 1. The first kappa shape index (κ1) is 24.9. The van der Waals surface area contributed by atoms with Gasteiger partial charge in [-0.1, -0.05) is 37.3 Å². The van der Waals surface area contributed by atoms with Crippen LogP contribution in [0.3, 0.4) is 0 Å². The van der Waals surface area contributed by atoms with E-state index in [1.54, 1.807) is 30.3 Å². The van der Waals surface area contributed by atoms with Crippen LogP contribution in [-0.2, 0) is 17.8 Å². The van der Waals surface area contributed by atoms with Crippen LogP contribution >= 0.6 is 0 Å². The third kappa shape index (κ3) is 5.66. The van der Waals surface area contributed by atoms with Gasteiger partial charge in [-0.25, -0.2) is 14.2 Å². The molecule has 2 rings (SSSR count). The largest absolute Gasteiger partial charge is 0.494 e. The van der Waals surface area contributed by atoms with Gasteiger partial charge in [0.1, 0.15) is 17.4 Å². The summed E-state index contributed by atoms with van der Waals surface area (Å²) in [5.41, 5.74) is -1.30. The van der Waals surface area contributed by atoms with Crippen LogP contribution in [0.5, 0.6) is 5.88 Å². The molecule has 9 heteroatoms. The predicted octanol–water partition coefficient (Wildman–Crippen LogP) is 2.15. The number of carboxylic acids is 1. The molecule has 1 heterocycles. The Morgan fingerprint density at radius 3 is 2.25 bits per heavy atom. The van der Waals surface area contributed by atoms with E-state index in [1.807, 2.05) is 34.6 Å². The van der Waals surface area contributed by atoms with Gasteiger partial charge in [-0.2, -0.15) is 0 Å². The number of rotatable bonds is 9. The molecule has 0 aliphatic carbocycles. The molecular weight excluding hydrogens is 412 g/mol. The van der Waals surface area contributed by atoms with Crippen molar-refractivity contribution in [2.45, 2.75) is 72.1 Å². The van der Waals surface area contributed by atoms with Crippen molar-refractivity contribution in [2.24, 2.45) is 4.99 Å². The van der Waals surface area contributed by atoms with Crippen LogP contribution in [-0.4, -0.2) is 43.2 Å². The highest BCUT2D eigenvalue weighted by atomic mass is 16.4. The summed E-state index contributed by atoms with van der Waals surface area (Å²) in [5, 5.41) is 23.9. The van der Waals surface area contributed by atoms with Crippen molar-refractivity contribution in [3.8, 4) is 5.88 Å². The molecule has 1 atom stereocenters. The molecule has 3 N–H and O–H groups in total. The minimum atomic E-state index is -1.45. The quantitative estimate of drug-likeness (QED) is 0.402. The van der Waals surface area contributed by atoms with Crippen LogP contribution < -0.4 is 16.6 Å². The fraction of sp³-hybridized carbons (Fsp3) is 0.478. The van der Waals surface area contributed by atoms with Gasteiger partial charge in [-0.05, 0) is 39.7 Å². The normalized spacial score (nSPS) is 12.9. The Labute approximate surface area is 187 Å². The second-order valence-corrected chi connectivity index (χ2v) is 8.22. The van der Waals surface area contributed by atoms with Crippen LogP contribution in [0.4, 0.5) is 0 Å². The molecule has 9 nitrogen and oxygen atoms in total. The van der Waals surface area contributed by atoms with E-state index in [1.165, 1.54) is 0 Å². The van der Waals surface area contributed by atoms with E-state index in [0.717, 1.165) is 9.13 Å². The summed E-state index contributed by atoms with van der Waals surface area (Å²) in [6, 6.07) is 7.01. The molecule has 0 aliphatic heterocycles. The molecule has 1 aromatic carbocycles. The third-order valence-electron chi connectivity index (χ3n) is 4.71. The lowest BCUT2D eigenvalue weighted by atomic mass is 10.1. The van der Waals surface area contributed by atoms with Crippen LogP contribution in [0.2, 0.25) is 0 Å². The molecule has 0 bridgehead atoms. The second-order valence-electron chi connectivity index (χ2n) is 8.22. The van der Waals surface area contributed by atoms with Gasteiger partial charge in [0, 0.05) is 25.0 Å². The van der Waals surface area contributed by atoms with Gasteiger partial charge in [0.2, 0.25) is 5.88 Å². The van der Waals surface area contributed by atoms with Crippen molar-refractivity contribution in [1.82, 2.24) is 14.5 Å². The second kappa shape index (κ2) is 10.8. The number of nitrogens with one attached hydrogen (secondary N) is 1. The Kier molecular flexibility index (Phi) is 8.40. The van der Waals surface area contributed by atoms with Gasteiger partial charge >= 0.3 is 11.7 Å². The van der Waals surface area contributed by atoms with Gasteiger partial charge in [0.15, 0.2) is 0 Å². The summed E-state index contributed by atoms with van der Waals surface area (Å²) in [5.74, 6) is -1.71. The summed E-state index contributed by atoms with van der Waals surface area (Å²) < 4.78 is 1.76. The number of benzene rings is 1. The number of carboxylic acid groups (broad SMARTS) is 1. The molecule has 2 aromatic rings. The Hall–Kier alpha value is -3.36. The molecule has 0 saturated heterocycles. The number of aromatic hydroxyl groups is 1. The lowest BCUT2D eigenvalue weighted by Gasteiger charge is -2.22. The zero-order valence-corrected chi connectivity index (χ0v) is 19.2. The van der Waals surface area contributed by atoms with Gasteiger partial charge in [-0.3, -0.25) is 14.4 Å². The highest BCUT2D eigenvalue weighted by molar-refractivity contribution is 6.00. The Morgan fingerprint density at radius 1 is 1.12 bits per heavy atom. The summed E-state index contributed by atoms with van der Waals surface area (Å²) in [6.07, 6.45) is 0.436. The molecular formula is C23H32N4O5. The fourth-order valence-corrected chi connectivity index (χ4v) is 3.40. The summed E-state index contributed by atoms with van der Waals surface area (Å²) in [6.45, 7) is 9.26. The molecule has 174 valence electrons. The van der Waals surface area contributed by atoms with E-state index < -0.39 is 29.1 Å². The first-order valence-corrected chi connectivity index (χ1v) is 10.8. The summed E-state index contributed by atoms with van der Waals surface area (Å²) in [7, 11) is 0. The minimum absolute atomic E-state index is 0.0596. The van der Waals surface area contributed by atoms with Crippen molar-refractivity contribution in [3.05, 3.63) is 62.3 Å². The maximum absolute atomic E-state index is 13.5. The van der Waals surface area contributed by atoms with E-state index in [4.69, 9.17) is 0 Å². The highest BCUT2D eigenvalue weighted by Crippen LogP contribution is 2.17. The number of nitrogens with zero attached hydrogens (tertiary/aromatic N) is 3. The fourth-order valence-electron chi connectivity index (χ4n) is 3.40. The zero-order chi connectivity index (χ0) is 24.0. The summed E-state index contributed by atoms with van der Waals surface area (Å²) >= 11 is 0. The Morgan fingerprint density at radius 2 is 1.75 bits per heavy atom. The van der Waals surface area contributed by atoms with Gasteiger partial charge in [-0.15, -0.1) is 0 Å². The van der Waals surface area contributed by atoms with Crippen molar-refractivity contribution in [1.29, 1.82) is 0 Å². The van der Waals surface area contributed by atoms with Crippen molar-refractivity contribution in [3.63, 3.8) is 0 Å². The zero-order valence-electron chi connectivity index (χ0n) is 19.2. The number of amidine groups is 1. The average Bonchev–Trinajstić information content (AvgIpc) is 2.70. The average molecular weight is 445 g/mol. The molecule has 32 heavy (non-hydrogen) atoms. The molecule has 0 saturated carbocycles. The van der Waals surface area contributed by atoms with Gasteiger partial charge in [0.25, 0.3) is 5.56 Å². The minimum Gasteiger partial charge on any atom is -0.494 e. The van der Waals surface area contributed by atoms with Crippen molar-refractivity contribution >= 4 is 11.8 Å². The van der Waals surface area contributed by atoms with Crippen LogP contribution in [0.1, 0.15) is 58.2 Å². The smallest absolute Gasteiger partial charge is 0.334 e. The van der Waals surface area contributed by atoms with Crippen LogP contribution in [0, 0.1) is 0 Å². The third-order valence-corrected chi connectivity index (χ3v) is 4.71. The van der Waals surface area contributed by atoms with Crippen LogP contribution in [0.25, 0.3) is 0 Å². The van der Waals surface area contributed by atoms with Gasteiger partial charge in [0.05, 0.1) is 0 Å². The van der Waals surface area contributed by atoms with E-state index in [9.17, 15) is 24.6 Å².